The summed E-state index contributed by atoms with van der Waals surface area (Å²) in [6, 6.07) is 20.3. The summed E-state index contributed by atoms with van der Waals surface area (Å²) in [5.41, 5.74) is 3.43. The fraction of sp³-hybridized carbons (Fsp3) is 0.174. The summed E-state index contributed by atoms with van der Waals surface area (Å²) in [7, 11) is 1.76. The lowest BCUT2D eigenvalue weighted by molar-refractivity contribution is 0.0526. The number of hydrogen-bond donors (Lipinski definition) is 1. The van der Waals surface area contributed by atoms with Crippen molar-refractivity contribution in [2.45, 2.75) is 13.5 Å². The van der Waals surface area contributed by atoms with E-state index in [0.717, 1.165) is 16.9 Å². The van der Waals surface area contributed by atoms with E-state index in [-0.39, 0.29) is 11.9 Å². The van der Waals surface area contributed by atoms with Crippen LogP contribution >= 0.6 is 0 Å². The second-order valence-electron chi connectivity index (χ2n) is 6.50. The van der Waals surface area contributed by atoms with Gasteiger partial charge in [-0.2, -0.15) is 0 Å². The van der Waals surface area contributed by atoms with Gasteiger partial charge in [-0.3, -0.25) is 9.78 Å². The number of ether oxygens (including phenoxy) is 1. The number of carbonyl (C=O) groups is 2. The van der Waals surface area contributed by atoms with Crippen molar-refractivity contribution in [3.63, 3.8) is 0 Å². The number of pyridine rings is 1. The normalized spacial score (nSPS) is 10.3. The Balaban J connectivity index is 1.67. The molecule has 1 aromatic heterocycles. The lowest BCUT2D eigenvalue weighted by Crippen LogP contribution is -2.27. The first-order chi connectivity index (χ1) is 14.1. The Morgan fingerprint density at radius 1 is 1.00 bits per heavy atom. The molecular weight excluding hydrogens is 366 g/mol. The minimum Gasteiger partial charge on any atom is -0.462 e. The predicted molar refractivity (Wildman–Crippen MR) is 112 cm³/mol. The number of rotatable bonds is 7. The van der Waals surface area contributed by atoms with Crippen molar-refractivity contribution in [2.24, 2.45) is 0 Å². The highest BCUT2D eigenvalue weighted by molar-refractivity contribution is 5.93. The Labute approximate surface area is 170 Å². The molecule has 0 aliphatic carbocycles. The van der Waals surface area contributed by atoms with Crippen LogP contribution in [-0.4, -0.2) is 35.4 Å². The topological polar surface area (TPSA) is 71.5 Å². The van der Waals surface area contributed by atoms with Gasteiger partial charge in [0.05, 0.1) is 12.2 Å². The van der Waals surface area contributed by atoms with E-state index in [9.17, 15) is 9.59 Å². The smallest absolute Gasteiger partial charge is 0.338 e. The molecule has 0 aliphatic heterocycles. The monoisotopic (exact) mass is 389 g/mol. The highest BCUT2D eigenvalue weighted by Crippen LogP contribution is 2.18. The predicted octanol–water partition coefficient (Wildman–Crippen LogP) is 4.27. The lowest BCUT2D eigenvalue weighted by atomic mass is 10.2. The number of hydrogen-bond acceptors (Lipinski definition) is 5. The molecule has 148 valence electrons. The van der Waals surface area contributed by atoms with Gasteiger partial charge < -0.3 is 15.0 Å². The summed E-state index contributed by atoms with van der Waals surface area (Å²) in [5, 5.41) is 3.22. The third-order valence-electron chi connectivity index (χ3n) is 4.27. The minimum atomic E-state index is -0.350. The van der Waals surface area contributed by atoms with Gasteiger partial charge >= 0.3 is 5.97 Å². The average molecular weight is 389 g/mol. The van der Waals surface area contributed by atoms with Crippen LogP contribution in [0.2, 0.25) is 0 Å². The quantitative estimate of drug-likeness (QED) is 0.611. The molecule has 3 rings (SSSR count). The third-order valence-corrected chi connectivity index (χ3v) is 4.27. The highest BCUT2D eigenvalue weighted by atomic mass is 16.5. The van der Waals surface area contributed by atoms with Gasteiger partial charge in [-0.1, -0.05) is 30.3 Å². The molecule has 29 heavy (non-hydrogen) atoms. The van der Waals surface area contributed by atoms with E-state index < -0.39 is 0 Å². The maximum absolute atomic E-state index is 12.7. The summed E-state index contributed by atoms with van der Waals surface area (Å²) in [6.07, 6.45) is 1.60. The number of anilines is 2. The zero-order valence-electron chi connectivity index (χ0n) is 16.5. The number of aromatic nitrogens is 1. The van der Waals surface area contributed by atoms with E-state index >= 15 is 0 Å². The molecule has 1 heterocycles. The van der Waals surface area contributed by atoms with E-state index in [1.807, 2.05) is 30.3 Å². The number of nitrogens with zero attached hydrogens (tertiary/aromatic N) is 2. The van der Waals surface area contributed by atoms with Crippen molar-refractivity contribution in [2.75, 3.05) is 19.0 Å². The van der Waals surface area contributed by atoms with Crippen LogP contribution in [0.1, 0.15) is 33.3 Å². The molecule has 0 aliphatic rings. The number of carbonyl (C=O) groups excluding carboxylic acids is 2. The van der Waals surface area contributed by atoms with E-state index in [4.69, 9.17) is 4.74 Å². The van der Waals surface area contributed by atoms with Crippen molar-refractivity contribution in [3.8, 4) is 0 Å². The number of nitrogens with one attached hydrogen (secondary N) is 1. The molecule has 6 heteroatoms. The van der Waals surface area contributed by atoms with Crippen molar-refractivity contribution in [3.05, 3.63) is 89.7 Å². The molecular formula is C23H23N3O3. The van der Waals surface area contributed by atoms with Gasteiger partial charge in [-0.25, -0.2) is 4.79 Å². The Kier molecular flexibility index (Phi) is 6.58. The first-order valence-electron chi connectivity index (χ1n) is 9.36. The van der Waals surface area contributed by atoms with Crippen LogP contribution in [0.4, 0.5) is 11.4 Å². The fourth-order valence-electron chi connectivity index (χ4n) is 2.82. The van der Waals surface area contributed by atoms with Gasteiger partial charge in [0.2, 0.25) is 0 Å². The molecule has 0 spiro atoms. The molecule has 0 saturated carbocycles. The molecule has 3 aromatic rings. The Bertz CT molecular complexity index is 972. The lowest BCUT2D eigenvalue weighted by Gasteiger charge is -2.17. The molecule has 1 amide bonds. The maximum Gasteiger partial charge on any atom is 0.338 e. The van der Waals surface area contributed by atoms with Crippen LogP contribution in [-0.2, 0) is 11.3 Å². The molecule has 0 bridgehead atoms. The standard InChI is InChI=1S/C23H23N3O3/c1-3-29-23(28)18-9-11-19(12-10-18)25-20-13-14-24-21(15-20)22(27)26(2)16-17-7-5-4-6-8-17/h4-15H,3,16H2,1-2H3,(H,24,25). The van der Waals surface area contributed by atoms with Gasteiger partial charge in [-0.15, -0.1) is 0 Å². The summed E-state index contributed by atoms with van der Waals surface area (Å²) in [6.45, 7) is 2.62. The van der Waals surface area contributed by atoms with Crippen molar-refractivity contribution in [1.82, 2.24) is 9.88 Å². The van der Waals surface area contributed by atoms with Crippen LogP contribution in [0.3, 0.4) is 0 Å². The van der Waals surface area contributed by atoms with E-state index in [0.29, 0.717) is 24.4 Å². The molecule has 0 radical (unpaired) electrons. The Morgan fingerprint density at radius 3 is 2.41 bits per heavy atom. The van der Waals surface area contributed by atoms with Gasteiger partial charge in [0, 0.05) is 31.2 Å². The molecule has 0 unspecified atom stereocenters. The van der Waals surface area contributed by atoms with Crippen LogP contribution < -0.4 is 5.32 Å². The molecule has 0 saturated heterocycles. The maximum atomic E-state index is 12.7. The van der Waals surface area contributed by atoms with Crippen LogP contribution in [0.15, 0.2) is 72.9 Å². The van der Waals surface area contributed by atoms with Gasteiger partial charge in [0.25, 0.3) is 5.91 Å². The van der Waals surface area contributed by atoms with Crippen LogP contribution in [0.25, 0.3) is 0 Å². The SMILES string of the molecule is CCOC(=O)c1ccc(Nc2ccnc(C(=O)N(C)Cc3ccccc3)c2)cc1. The molecule has 1 N–H and O–H groups in total. The van der Waals surface area contributed by atoms with Crippen molar-refractivity contribution >= 4 is 23.3 Å². The third kappa shape index (κ3) is 5.42. The van der Waals surface area contributed by atoms with E-state index in [2.05, 4.69) is 10.3 Å². The summed E-state index contributed by atoms with van der Waals surface area (Å²) < 4.78 is 4.98. The molecule has 2 aromatic carbocycles. The van der Waals surface area contributed by atoms with Crippen LogP contribution in [0.5, 0.6) is 0 Å². The van der Waals surface area contributed by atoms with Gasteiger partial charge in [-0.05, 0) is 48.9 Å². The first-order valence-corrected chi connectivity index (χ1v) is 9.36. The second-order valence-corrected chi connectivity index (χ2v) is 6.50. The molecule has 0 fully saturated rings. The second kappa shape index (κ2) is 9.50. The Hall–Kier alpha value is -3.67. The fourth-order valence-corrected chi connectivity index (χ4v) is 2.82. The average Bonchev–Trinajstić information content (AvgIpc) is 2.75. The number of benzene rings is 2. The van der Waals surface area contributed by atoms with Gasteiger partial charge in [0.15, 0.2) is 0 Å². The zero-order valence-corrected chi connectivity index (χ0v) is 16.5. The number of esters is 1. The zero-order chi connectivity index (χ0) is 20.6. The Morgan fingerprint density at radius 2 is 1.72 bits per heavy atom. The summed E-state index contributed by atoms with van der Waals surface area (Å²) in [4.78, 5) is 30.3. The van der Waals surface area contributed by atoms with E-state index in [1.54, 1.807) is 61.5 Å². The van der Waals surface area contributed by atoms with Crippen molar-refractivity contribution < 1.29 is 14.3 Å². The molecule has 6 nitrogen and oxygen atoms in total. The highest BCUT2D eigenvalue weighted by Gasteiger charge is 2.14. The number of amides is 1. The van der Waals surface area contributed by atoms with Crippen LogP contribution in [0, 0.1) is 0 Å². The largest absolute Gasteiger partial charge is 0.462 e. The summed E-state index contributed by atoms with van der Waals surface area (Å²) in [5.74, 6) is -0.507. The first kappa shape index (κ1) is 20.1. The summed E-state index contributed by atoms with van der Waals surface area (Å²) >= 11 is 0. The minimum absolute atomic E-state index is 0.157. The van der Waals surface area contributed by atoms with Gasteiger partial charge in [0.1, 0.15) is 5.69 Å². The van der Waals surface area contributed by atoms with Crippen molar-refractivity contribution in [1.29, 1.82) is 0 Å². The van der Waals surface area contributed by atoms with E-state index in [1.165, 1.54) is 0 Å². The molecule has 0 atom stereocenters.